The zero-order valence-corrected chi connectivity index (χ0v) is 11.9. The summed E-state index contributed by atoms with van der Waals surface area (Å²) in [6, 6.07) is 5.67. The Labute approximate surface area is 113 Å². The molecule has 2 rings (SSSR count). The van der Waals surface area contributed by atoms with Gasteiger partial charge in [0.15, 0.2) is 0 Å². The predicted molar refractivity (Wildman–Crippen MR) is 71.8 cm³/mol. The summed E-state index contributed by atoms with van der Waals surface area (Å²) in [7, 11) is 0. The molecule has 0 saturated carbocycles. The molecule has 1 heterocycles. The molecule has 0 amide bonds. The SMILES string of the molecule is Clc1cccc(-n2ncc(I)n2)c1I. The van der Waals surface area contributed by atoms with Crippen LogP contribution in [-0.2, 0) is 0 Å². The minimum Gasteiger partial charge on any atom is -0.156 e. The highest BCUT2D eigenvalue weighted by atomic mass is 127. The fraction of sp³-hybridized carbons (Fsp3) is 0. The number of nitrogens with zero attached hydrogens (tertiary/aromatic N) is 3. The molecular formula is C8H4ClI2N3. The van der Waals surface area contributed by atoms with Gasteiger partial charge in [0, 0.05) is 0 Å². The van der Waals surface area contributed by atoms with Crippen molar-refractivity contribution in [2.24, 2.45) is 0 Å². The number of hydrogen-bond acceptors (Lipinski definition) is 2. The van der Waals surface area contributed by atoms with E-state index in [4.69, 9.17) is 11.6 Å². The van der Waals surface area contributed by atoms with Crippen molar-refractivity contribution in [1.29, 1.82) is 0 Å². The Morgan fingerprint density at radius 1 is 1.29 bits per heavy atom. The molecule has 0 spiro atoms. The zero-order chi connectivity index (χ0) is 10.1. The molecule has 3 nitrogen and oxygen atoms in total. The van der Waals surface area contributed by atoms with Crippen LogP contribution in [0.2, 0.25) is 5.02 Å². The Kier molecular flexibility index (Phi) is 3.27. The Bertz CT molecular complexity index is 469. The molecule has 1 aromatic carbocycles. The van der Waals surface area contributed by atoms with Crippen LogP contribution in [0.1, 0.15) is 0 Å². The van der Waals surface area contributed by atoms with Gasteiger partial charge >= 0.3 is 0 Å². The molecule has 14 heavy (non-hydrogen) atoms. The Morgan fingerprint density at radius 3 is 2.71 bits per heavy atom. The van der Waals surface area contributed by atoms with E-state index in [1.165, 1.54) is 0 Å². The number of aromatic nitrogens is 3. The number of hydrogen-bond donors (Lipinski definition) is 0. The van der Waals surface area contributed by atoms with Gasteiger partial charge in [0.05, 0.1) is 14.8 Å². The quantitative estimate of drug-likeness (QED) is 0.650. The smallest absolute Gasteiger partial charge is 0.143 e. The van der Waals surface area contributed by atoms with E-state index in [1.807, 2.05) is 18.2 Å². The molecule has 0 saturated heterocycles. The standard InChI is InChI=1S/C8H4ClI2N3/c9-5-2-1-3-6(8(5)11)14-12-4-7(10)13-14/h1-4H. The second kappa shape index (κ2) is 4.31. The van der Waals surface area contributed by atoms with E-state index >= 15 is 0 Å². The maximum atomic E-state index is 5.99. The van der Waals surface area contributed by atoms with Crippen molar-refractivity contribution in [3.63, 3.8) is 0 Å². The van der Waals surface area contributed by atoms with Crippen LogP contribution in [0.25, 0.3) is 5.69 Å². The Hall–Kier alpha value is 0.110. The summed E-state index contributed by atoms with van der Waals surface area (Å²) in [6.07, 6.45) is 1.71. The number of halogens is 3. The third-order valence-electron chi connectivity index (χ3n) is 1.61. The van der Waals surface area contributed by atoms with Crippen molar-refractivity contribution in [3.8, 4) is 5.69 Å². The average Bonchev–Trinajstić information content (AvgIpc) is 2.57. The summed E-state index contributed by atoms with van der Waals surface area (Å²) in [4.78, 5) is 1.58. The highest BCUT2D eigenvalue weighted by Crippen LogP contribution is 2.23. The summed E-state index contributed by atoms with van der Waals surface area (Å²) in [5.74, 6) is 0. The molecule has 72 valence electrons. The molecule has 0 fully saturated rings. The van der Waals surface area contributed by atoms with Crippen molar-refractivity contribution in [2.45, 2.75) is 0 Å². The minimum absolute atomic E-state index is 0.718. The monoisotopic (exact) mass is 431 g/mol. The molecule has 0 radical (unpaired) electrons. The van der Waals surface area contributed by atoms with E-state index in [0.717, 1.165) is 18.0 Å². The van der Waals surface area contributed by atoms with Gasteiger partial charge in [-0.25, -0.2) is 0 Å². The minimum atomic E-state index is 0.718. The second-order valence-electron chi connectivity index (χ2n) is 2.53. The molecule has 0 aliphatic heterocycles. The predicted octanol–water partition coefficient (Wildman–Crippen LogP) is 3.13. The van der Waals surface area contributed by atoms with E-state index in [1.54, 1.807) is 11.0 Å². The summed E-state index contributed by atoms with van der Waals surface area (Å²) >= 11 is 10.3. The maximum absolute atomic E-state index is 5.99. The van der Waals surface area contributed by atoms with Crippen LogP contribution in [-0.4, -0.2) is 15.0 Å². The lowest BCUT2D eigenvalue weighted by atomic mass is 10.3. The molecule has 2 aromatic rings. The van der Waals surface area contributed by atoms with E-state index in [9.17, 15) is 0 Å². The van der Waals surface area contributed by atoms with Crippen LogP contribution in [0.3, 0.4) is 0 Å². The van der Waals surface area contributed by atoms with Gasteiger partial charge in [0.1, 0.15) is 9.39 Å². The molecule has 0 N–H and O–H groups in total. The van der Waals surface area contributed by atoms with E-state index in [2.05, 4.69) is 55.4 Å². The molecule has 1 aromatic heterocycles. The van der Waals surface area contributed by atoms with Crippen LogP contribution >= 0.6 is 56.8 Å². The third kappa shape index (κ3) is 2.03. The zero-order valence-electron chi connectivity index (χ0n) is 6.78. The van der Waals surface area contributed by atoms with Gasteiger partial charge in [-0.2, -0.15) is 5.10 Å². The molecule has 0 bridgehead atoms. The lowest BCUT2D eigenvalue weighted by molar-refractivity contribution is 0.744. The molecule has 0 aliphatic rings. The number of rotatable bonds is 1. The Morgan fingerprint density at radius 2 is 2.07 bits per heavy atom. The van der Waals surface area contributed by atoms with Gasteiger partial charge in [-0.05, 0) is 57.3 Å². The van der Waals surface area contributed by atoms with Crippen molar-refractivity contribution in [2.75, 3.05) is 0 Å². The first-order chi connectivity index (χ1) is 6.68. The highest BCUT2D eigenvalue weighted by Gasteiger charge is 2.07. The van der Waals surface area contributed by atoms with Crippen LogP contribution in [0.15, 0.2) is 24.4 Å². The van der Waals surface area contributed by atoms with Crippen LogP contribution in [0.5, 0.6) is 0 Å². The number of benzene rings is 1. The fourth-order valence-electron chi connectivity index (χ4n) is 1.01. The van der Waals surface area contributed by atoms with Gasteiger partial charge in [0.25, 0.3) is 0 Å². The van der Waals surface area contributed by atoms with E-state index in [0.29, 0.717) is 0 Å². The lowest BCUT2D eigenvalue weighted by Crippen LogP contribution is -2.01. The summed E-state index contributed by atoms with van der Waals surface area (Å²) in [6.45, 7) is 0. The van der Waals surface area contributed by atoms with Crippen LogP contribution in [0, 0.1) is 7.27 Å². The molecule has 6 heteroatoms. The third-order valence-corrected chi connectivity index (χ3v) is 3.87. The molecule has 0 unspecified atom stereocenters. The summed E-state index contributed by atoms with van der Waals surface area (Å²) in [5, 5.41) is 9.05. The van der Waals surface area contributed by atoms with Crippen LogP contribution < -0.4 is 0 Å². The lowest BCUT2D eigenvalue weighted by Gasteiger charge is -2.03. The van der Waals surface area contributed by atoms with Gasteiger partial charge in [-0.3, -0.25) is 0 Å². The van der Waals surface area contributed by atoms with Crippen molar-refractivity contribution in [1.82, 2.24) is 15.0 Å². The average molecular weight is 431 g/mol. The second-order valence-corrected chi connectivity index (χ2v) is 5.12. The van der Waals surface area contributed by atoms with Gasteiger partial charge in [-0.15, -0.1) is 9.90 Å². The first-order valence-electron chi connectivity index (χ1n) is 3.71. The fourth-order valence-corrected chi connectivity index (χ4v) is 2.08. The van der Waals surface area contributed by atoms with E-state index in [-0.39, 0.29) is 0 Å². The first-order valence-corrected chi connectivity index (χ1v) is 6.24. The normalized spacial score (nSPS) is 10.5. The maximum Gasteiger partial charge on any atom is 0.143 e. The Balaban J connectivity index is 2.57. The largest absolute Gasteiger partial charge is 0.156 e. The van der Waals surface area contributed by atoms with Gasteiger partial charge < -0.3 is 0 Å². The summed E-state index contributed by atoms with van der Waals surface area (Å²) < 4.78 is 1.82. The van der Waals surface area contributed by atoms with Crippen molar-refractivity contribution < 1.29 is 0 Å². The molecule has 0 atom stereocenters. The summed E-state index contributed by atoms with van der Waals surface area (Å²) in [5.41, 5.74) is 0.904. The van der Waals surface area contributed by atoms with Crippen molar-refractivity contribution >= 4 is 56.8 Å². The van der Waals surface area contributed by atoms with E-state index < -0.39 is 0 Å². The molecule has 0 aliphatic carbocycles. The van der Waals surface area contributed by atoms with Crippen LogP contribution in [0.4, 0.5) is 0 Å². The van der Waals surface area contributed by atoms with Crippen molar-refractivity contribution in [3.05, 3.63) is 36.7 Å². The highest BCUT2D eigenvalue weighted by molar-refractivity contribution is 14.1. The topological polar surface area (TPSA) is 30.7 Å². The first kappa shape index (κ1) is 10.6. The molecular weight excluding hydrogens is 427 g/mol. The van der Waals surface area contributed by atoms with Gasteiger partial charge in [0.2, 0.25) is 0 Å². The van der Waals surface area contributed by atoms with Gasteiger partial charge in [-0.1, -0.05) is 17.7 Å².